The van der Waals surface area contributed by atoms with Crippen molar-refractivity contribution in [2.24, 2.45) is 0 Å². The highest BCUT2D eigenvalue weighted by molar-refractivity contribution is 6.46. The van der Waals surface area contributed by atoms with Crippen LogP contribution in [0.5, 0.6) is 0 Å². The van der Waals surface area contributed by atoms with Crippen LogP contribution in [0.25, 0.3) is 5.76 Å². The summed E-state index contributed by atoms with van der Waals surface area (Å²) in [5.74, 6) is -0.943. The van der Waals surface area contributed by atoms with E-state index in [1.807, 2.05) is 24.3 Å². The topological polar surface area (TPSA) is 57.6 Å². The summed E-state index contributed by atoms with van der Waals surface area (Å²) in [6, 6.07) is 14.2. The minimum atomic E-state index is -0.627. The third-order valence-electron chi connectivity index (χ3n) is 6.22. The molecule has 1 unspecified atom stereocenters. The van der Waals surface area contributed by atoms with Gasteiger partial charge in [0.1, 0.15) is 5.76 Å². The Morgan fingerprint density at radius 1 is 1.07 bits per heavy atom. The van der Waals surface area contributed by atoms with Crippen molar-refractivity contribution in [2.75, 3.05) is 0 Å². The summed E-state index contributed by atoms with van der Waals surface area (Å²) in [7, 11) is 0. The van der Waals surface area contributed by atoms with Crippen molar-refractivity contribution in [3.63, 3.8) is 0 Å². The zero-order chi connectivity index (χ0) is 21.4. The molecule has 1 saturated heterocycles. The number of ketones is 1. The first-order valence-electron chi connectivity index (χ1n) is 10.5. The summed E-state index contributed by atoms with van der Waals surface area (Å²) in [4.78, 5) is 27.9. The van der Waals surface area contributed by atoms with Gasteiger partial charge in [-0.05, 0) is 42.0 Å². The lowest BCUT2D eigenvalue weighted by molar-refractivity contribution is -0.141. The maximum atomic E-state index is 13.1. The highest BCUT2D eigenvalue weighted by Gasteiger charge is 2.49. The molecule has 1 N–H and O–H groups in total. The van der Waals surface area contributed by atoms with E-state index in [4.69, 9.17) is 11.6 Å². The van der Waals surface area contributed by atoms with Crippen LogP contribution in [0.2, 0.25) is 5.02 Å². The summed E-state index contributed by atoms with van der Waals surface area (Å²) in [6.07, 6.45) is 3.84. The van der Waals surface area contributed by atoms with Crippen molar-refractivity contribution in [1.82, 2.24) is 4.90 Å². The lowest BCUT2D eigenvalue weighted by Crippen LogP contribution is -2.37. The number of aliphatic hydroxyl groups excluding tert-OH is 1. The van der Waals surface area contributed by atoms with E-state index in [0.717, 1.165) is 31.2 Å². The van der Waals surface area contributed by atoms with E-state index in [1.165, 1.54) is 5.56 Å². The number of carbonyl (C=O) groups excluding carboxylic acids is 2. The van der Waals surface area contributed by atoms with E-state index >= 15 is 0 Å². The van der Waals surface area contributed by atoms with Crippen LogP contribution in [0.4, 0.5) is 0 Å². The highest BCUT2D eigenvalue weighted by Crippen LogP contribution is 2.43. The molecule has 4 nitrogen and oxygen atoms in total. The molecule has 1 atom stereocenters. The molecule has 0 radical (unpaired) electrons. The number of rotatable bonds is 4. The Labute approximate surface area is 182 Å². The molecule has 1 saturated carbocycles. The van der Waals surface area contributed by atoms with Crippen LogP contribution in [0.15, 0.2) is 54.1 Å². The lowest BCUT2D eigenvalue weighted by atomic mass is 9.92. The quantitative estimate of drug-likeness (QED) is 0.382. The molecule has 2 aromatic carbocycles. The number of nitrogens with zero attached hydrogens (tertiary/aromatic N) is 1. The average Bonchev–Trinajstić information content (AvgIpc) is 3.34. The summed E-state index contributed by atoms with van der Waals surface area (Å²) >= 11 is 6.10. The van der Waals surface area contributed by atoms with Gasteiger partial charge >= 0.3 is 0 Å². The van der Waals surface area contributed by atoms with E-state index in [0.29, 0.717) is 16.5 Å². The second kappa shape index (κ2) is 8.27. The van der Waals surface area contributed by atoms with Crippen LogP contribution in [0.3, 0.4) is 0 Å². The number of likely N-dealkylation sites (tertiary alicyclic amines) is 1. The summed E-state index contributed by atoms with van der Waals surface area (Å²) < 4.78 is 0. The standard InChI is InChI=1S/C25H26ClNO3/c1-15(2)16-10-12-17(13-11-16)22-21(23(28)18-6-5-7-19(26)14-18)24(29)25(30)27(22)20-8-3-4-9-20/h5-7,10-15,20,22,28H,3-4,8-9H2,1-2H3/b23-21-. The van der Waals surface area contributed by atoms with Gasteiger partial charge in [-0.1, -0.05) is 74.7 Å². The maximum Gasteiger partial charge on any atom is 0.295 e. The van der Waals surface area contributed by atoms with Gasteiger partial charge in [-0.15, -0.1) is 0 Å². The summed E-state index contributed by atoms with van der Waals surface area (Å²) in [5.41, 5.74) is 2.61. The van der Waals surface area contributed by atoms with Gasteiger partial charge < -0.3 is 10.0 Å². The first-order valence-corrected chi connectivity index (χ1v) is 10.9. The smallest absolute Gasteiger partial charge is 0.295 e. The van der Waals surface area contributed by atoms with Crippen LogP contribution in [0, 0.1) is 0 Å². The van der Waals surface area contributed by atoms with Gasteiger partial charge in [0.25, 0.3) is 11.7 Å². The van der Waals surface area contributed by atoms with E-state index in [1.54, 1.807) is 29.2 Å². The monoisotopic (exact) mass is 423 g/mol. The van der Waals surface area contributed by atoms with Crippen LogP contribution >= 0.6 is 11.6 Å². The molecule has 156 valence electrons. The Morgan fingerprint density at radius 3 is 2.33 bits per heavy atom. The van der Waals surface area contributed by atoms with E-state index in [9.17, 15) is 14.7 Å². The van der Waals surface area contributed by atoms with Crippen LogP contribution < -0.4 is 0 Å². The zero-order valence-electron chi connectivity index (χ0n) is 17.3. The highest BCUT2D eigenvalue weighted by atomic mass is 35.5. The minimum absolute atomic E-state index is 0.0147. The molecule has 0 aromatic heterocycles. The number of carbonyl (C=O) groups is 2. The van der Waals surface area contributed by atoms with Crippen molar-refractivity contribution in [2.45, 2.75) is 57.5 Å². The predicted octanol–water partition coefficient (Wildman–Crippen LogP) is 5.83. The van der Waals surface area contributed by atoms with Gasteiger partial charge in [0.15, 0.2) is 0 Å². The molecular formula is C25H26ClNO3. The Kier molecular flexibility index (Phi) is 5.70. The molecule has 0 spiro atoms. The number of Topliss-reactive ketones (excluding diaryl/α,β-unsaturated/α-hetero) is 1. The molecular weight excluding hydrogens is 398 g/mol. The number of amides is 1. The molecule has 1 heterocycles. The summed E-state index contributed by atoms with van der Waals surface area (Å²) in [6.45, 7) is 4.25. The fourth-order valence-electron chi connectivity index (χ4n) is 4.59. The van der Waals surface area contributed by atoms with Gasteiger partial charge in [0.05, 0.1) is 11.6 Å². The summed E-state index contributed by atoms with van der Waals surface area (Å²) in [5, 5.41) is 11.5. The maximum absolute atomic E-state index is 13.1. The number of hydrogen-bond donors (Lipinski definition) is 1. The van der Waals surface area contributed by atoms with E-state index in [2.05, 4.69) is 13.8 Å². The van der Waals surface area contributed by atoms with Crippen molar-refractivity contribution in [3.05, 3.63) is 75.8 Å². The molecule has 1 amide bonds. The Hall–Kier alpha value is -2.59. The molecule has 30 heavy (non-hydrogen) atoms. The van der Waals surface area contributed by atoms with Crippen LogP contribution in [-0.2, 0) is 9.59 Å². The molecule has 5 heteroatoms. The molecule has 1 aliphatic carbocycles. The first-order chi connectivity index (χ1) is 14.4. The van der Waals surface area contributed by atoms with E-state index < -0.39 is 17.7 Å². The van der Waals surface area contributed by atoms with Crippen LogP contribution in [0.1, 0.15) is 68.2 Å². The molecule has 2 aromatic rings. The zero-order valence-corrected chi connectivity index (χ0v) is 18.0. The van der Waals surface area contributed by atoms with Gasteiger partial charge in [-0.3, -0.25) is 9.59 Å². The SMILES string of the molecule is CC(C)c1ccc(C2/C(=C(/O)c3cccc(Cl)c3)C(=O)C(=O)N2C2CCCC2)cc1. The molecule has 2 aliphatic rings. The largest absolute Gasteiger partial charge is 0.507 e. The lowest BCUT2D eigenvalue weighted by Gasteiger charge is -2.31. The second-order valence-electron chi connectivity index (χ2n) is 8.48. The number of aliphatic hydroxyl groups is 1. The van der Waals surface area contributed by atoms with Crippen molar-refractivity contribution in [3.8, 4) is 0 Å². The predicted molar refractivity (Wildman–Crippen MR) is 118 cm³/mol. The molecule has 0 bridgehead atoms. The van der Waals surface area contributed by atoms with Crippen LogP contribution in [-0.4, -0.2) is 27.7 Å². The number of benzene rings is 2. The number of hydrogen-bond acceptors (Lipinski definition) is 3. The van der Waals surface area contributed by atoms with Gasteiger partial charge in [0.2, 0.25) is 0 Å². The van der Waals surface area contributed by atoms with Gasteiger partial charge in [0, 0.05) is 16.6 Å². The van der Waals surface area contributed by atoms with E-state index in [-0.39, 0.29) is 17.4 Å². The molecule has 1 aliphatic heterocycles. The third-order valence-corrected chi connectivity index (χ3v) is 6.45. The molecule has 2 fully saturated rings. The Bertz CT molecular complexity index is 1000. The van der Waals surface area contributed by atoms with Crippen molar-refractivity contribution < 1.29 is 14.7 Å². The van der Waals surface area contributed by atoms with Gasteiger partial charge in [-0.2, -0.15) is 0 Å². The Morgan fingerprint density at radius 2 is 1.73 bits per heavy atom. The second-order valence-corrected chi connectivity index (χ2v) is 8.91. The Balaban J connectivity index is 1.87. The fourth-order valence-corrected chi connectivity index (χ4v) is 4.78. The fraction of sp³-hybridized carbons (Fsp3) is 0.360. The van der Waals surface area contributed by atoms with Crippen molar-refractivity contribution in [1.29, 1.82) is 0 Å². The first kappa shape index (κ1) is 20.7. The van der Waals surface area contributed by atoms with Gasteiger partial charge in [-0.25, -0.2) is 0 Å². The average molecular weight is 424 g/mol. The molecule has 4 rings (SSSR count). The van der Waals surface area contributed by atoms with Crippen molar-refractivity contribution >= 4 is 29.1 Å². The third kappa shape index (κ3) is 3.65. The number of halogens is 1. The normalized spacial score (nSPS) is 21.7. The minimum Gasteiger partial charge on any atom is -0.507 e.